The van der Waals surface area contributed by atoms with E-state index >= 15 is 0 Å². The molecule has 2 amide bonds. The van der Waals surface area contributed by atoms with Crippen molar-refractivity contribution < 1.29 is 19.1 Å². The van der Waals surface area contributed by atoms with Crippen molar-refractivity contribution in [2.24, 2.45) is 5.92 Å². The van der Waals surface area contributed by atoms with Gasteiger partial charge in [0.2, 0.25) is 0 Å². The zero-order valence-corrected chi connectivity index (χ0v) is 10.8. The number of urea groups is 1. The Morgan fingerprint density at radius 1 is 1.58 bits per heavy atom. The first-order chi connectivity index (χ1) is 9.09. The number of nitrogens with one attached hydrogen (secondary N) is 1. The van der Waals surface area contributed by atoms with E-state index in [-0.39, 0.29) is 11.9 Å². The number of carbonyl (C=O) groups excluding carboxylic acids is 1. The monoisotopic (exact) mass is 266 g/mol. The maximum Gasteiger partial charge on any atom is 0.326 e. The summed E-state index contributed by atoms with van der Waals surface area (Å²) in [6.07, 6.45) is 4.75. The molecule has 6 nitrogen and oxygen atoms in total. The summed E-state index contributed by atoms with van der Waals surface area (Å²) in [5.41, 5.74) is 0.852. The largest absolute Gasteiger partial charge is 0.480 e. The summed E-state index contributed by atoms with van der Waals surface area (Å²) in [6, 6.07) is 0.687. The maximum absolute atomic E-state index is 12.1. The molecule has 1 aliphatic heterocycles. The van der Waals surface area contributed by atoms with E-state index < -0.39 is 12.0 Å². The molecule has 0 aliphatic carbocycles. The highest BCUT2D eigenvalue weighted by Crippen LogP contribution is 2.23. The second-order valence-corrected chi connectivity index (χ2v) is 4.89. The molecule has 0 bridgehead atoms. The van der Waals surface area contributed by atoms with Crippen LogP contribution in [0.4, 0.5) is 4.79 Å². The maximum atomic E-state index is 12.1. The molecule has 2 unspecified atom stereocenters. The van der Waals surface area contributed by atoms with Crippen LogP contribution in [0.3, 0.4) is 0 Å². The Labute approximate surface area is 111 Å². The molecule has 1 aromatic heterocycles. The van der Waals surface area contributed by atoms with E-state index in [2.05, 4.69) is 5.32 Å². The molecule has 1 fully saturated rings. The summed E-state index contributed by atoms with van der Waals surface area (Å²) in [7, 11) is 0. The zero-order valence-electron chi connectivity index (χ0n) is 10.8. The average Bonchev–Trinajstić information content (AvgIpc) is 2.88. The van der Waals surface area contributed by atoms with Gasteiger partial charge < -0.3 is 19.7 Å². The molecule has 0 aromatic carbocycles. The molecule has 104 valence electrons. The van der Waals surface area contributed by atoms with Crippen molar-refractivity contribution in [2.45, 2.75) is 32.4 Å². The number of carbonyl (C=O) groups is 2. The zero-order chi connectivity index (χ0) is 13.8. The Morgan fingerprint density at radius 2 is 2.37 bits per heavy atom. The summed E-state index contributed by atoms with van der Waals surface area (Å²) in [6.45, 7) is 2.69. The summed E-state index contributed by atoms with van der Waals surface area (Å²) >= 11 is 0. The van der Waals surface area contributed by atoms with Gasteiger partial charge in [0.25, 0.3) is 0 Å². The third-order valence-electron chi connectivity index (χ3n) is 3.47. The molecular weight excluding hydrogens is 248 g/mol. The van der Waals surface area contributed by atoms with Gasteiger partial charge in [0.05, 0.1) is 12.5 Å². The number of hydrogen-bond donors (Lipinski definition) is 2. The van der Waals surface area contributed by atoms with Crippen LogP contribution < -0.4 is 5.32 Å². The van der Waals surface area contributed by atoms with Crippen molar-refractivity contribution in [2.75, 3.05) is 6.54 Å². The molecule has 0 radical (unpaired) electrons. The number of furan rings is 1. The highest BCUT2D eigenvalue weighted by molar-refractivity contribution is 5.83. The van der Waals surface area contributed by atoms with Gasteiger partial charge in [0.1, 0.15) is 6.04 Å². The molecule has 1 aromatic rings. The Hall–Kier alpha value is -1.98. The van der Waals surface area contributed by atoms with E-state index in [1.165, 1.54) is 11.2 Å². The van der Waals surface area contributed by atoms with E-state index in [0.717, 1.165) is 18.4 Å². The number of aliphatic carboxylic acids is 1. The average molecular weight is 266 g/mol. The first-order valence-corrected chi connectivity index (χ1v) is 6.38. The van der Waals surface area contributed by atoms with Gasteiger partial charge in [-0.25, -0.2) is 9.59 Å². The fourth-order valence-corrected chi connectivity index (χ4v) is 2.46. The van der Waals surface area contributed by atoms with Crippen LogP contribution in [-0.2, 0) is 11.3 Å². The molecule has 0 saturated carbocycles. The first-order valence-electron chi connectivity index (χ1n) is 6.38. The summed E-state index contributed by atoms with van der Waals surface area (Å²) in [5.74, 6) is -0.961. The van der Waals surface area contributed by atoms with Crippen LogP contribution >= 0.6 is 0 Å². The van der Waals surface area contributed by atoms with Crippen LogP contribution in [0.1, 0.15) is 25.3 Å². The van der Waals surface area contributed by atoms with E-state index in [0.29, 0.717) is 13.1 Å². The SMILES string of the molecule is CC1CCCN(C(=O)NCc2ccoc2)C1C(=O)O. The number of nitrogens with zero attached hydrogens (tertiary/aromatic N) is 1. The van der Waals surface area contributed by atoms with Gasteiger partial charge in [-0.2, -0.15) is 0 Å². The summed E-state index contributed by atoms with van der Waals surface area (Å²) in [4.78, 5) is 24.8. The highest BCUT2D eigenvalue weighted by atomic mass is 16.4. The van der Waals surface area contributed by atoms with Crippen molar-refractivity contribution in [1.29, 1.82) is 0 Å². The van der Waals surface area contributed by atoms with Gasteiger partial charge in [-0.3, -0.25) is 0 Å². The quantitative estimate of drug-likeness (QED) is 0.871. The minimum atomic E-state index is -0.939. The van der Waals surface area contributed by atoms with E-state index in [1.807, 2.05) is 6.92 Å². The molecule has 0 spiro atoms. The Morgan fingerprint density at radius 3 is 3.00 bits per heavy atom. The third-order valence-corrected chi connectivity index (χ3v) is 3.47. The van der Waals surface area contributed by atoms with Crippen molar-refractivity contribution in [1.82, 2.24) is 10.2 Å². The second kappa shape index (κ2) is 5.77. The van der Waals surface area contributed by atoms with Gasteiger partial charge in [-0.1, -0.05) is 6.92 Å². The highest BCUT2D eigenvalue weighted by Gasteiger charge is 2.36. The van der Waals surface area contributed by atoms with Crippen LogP contribution in [-0.4, -0.2) is 34.6 Å². The van der Waals surface area contributed by atoms with Gasteiger partial charge in [0.15, 0.2) is 0 Å². The second-order valence-electron chi connectivity index (χ2n) is 4.89. The molecule has 1 saturated heterocycles. The van der Waals surface area contributed by atoms with Crippen molar-refractivity contribution >= 4 is 12.0 Å². The lowest BCUT2D eigenvalue weighted by Gasteiger charge is -2.37. The molecule has 19 heavy (non-hydrogen) atoms. The fraction of sp³-hybridized carbons (Fsp3) is 0.538. The normalized spacial score (nSPS) is 23.1. The number of piperidine rings is 1. The number of amides is 2. The lowest BCUT2D eigenvalue weighted by Crippen LogP contribution is -2.54. The van der Waals surface area contributed by atoms with Crippen LogP contribution in [0.15, 0.2) is 23.0 Å². The minimum Gasteiger partial charge on any atom is -0.480 e. The van der Waals surface area contributed by atoms with Crippen LogP contribution in [0.2, 0.25) is 0 Å². The van der Waals surface area contributed by atoms with Crippen molar-refractivity contribution in [3.63, 3.8) is 0 Å². The predicted octanol–water partition coefficient (Wildman–Crippen LogP) is 1.67. The van der Waals surface area contributed by atoms with E-state index in [4.69, 9.17) is 4.42 Å². The van der Waals surface area contributed by atoms with Gasteiger partial charge in [0, 0.05) is 18.7 Å². The molecule has 2 heterocycles. The molecule has 6 heteroatoms. The van der Waals surface area contributed by atoms with Crippen LogP contribution in [0.5, 0.6) is 0 Å². The number of rotatable bonds is 3. The van der Waals surface area contributed by atoms with Crippen LogP contribution in [0.25, 0.3) is 0 Å². The van der Waals surface area contributed by atoms with Gasteiger partial charge in [-0.15, -0.1) is 0 Å². The third kappa shape index (κ3) is 3.07. The summed E-state index contributed by atoms with van der Waals surface area (Å²) in [5, 5.41) is 12.0. The summed E-state index contributed by atoms with van der Waals surface area (Å²) < 4.78 is 4.91. The topological polar surface area (TPSA) is 82.8 Å². The van der Waals surface area contributed by atoms with E-state index in [1.54, 1.807) is 12.3 Å². The Kier molecular flexibility index (Phi) is 4.09. The molecular formula is C13H18N2O4. The van der Waals surface area contributed by atoms with Gasteiger partial charge in [-0.05, 0) is 24.8 Å². The molecule has 2 rings (SSSR count). The molecule has 2 N–H and O–H groups in total. The Balaban J connectivity index is 1.97. The lowest BCUT2D eigenvalue weighted by molar-refractivity contribution is -0.145. The number of carboxylic acids is 1. The first kappa shape index (κ1) is 13.5. The predicted molar refractivity (Wildman–Crippen MR) is 67.5 cm³/mol. The molecule has 1 aliphatic rings. The standard InChI is InChI=1S/C13H18N2O4/c1-9-3-2-5-15(11(9)12(16)17)13(18)14-7-10-4-6-19-8-10/h4,6,8-9,11H,2-3,5,7H2,1H3,(H,14,18)(H,16,17). The van der Waals surface area contributed by atoms with Crippen molar-refractivity contribution in [3.8, 4) is 0 Å². The van der Waals surface area contributed by atoms with E-state index in [9.17, 15) is 14.7 Å². The smallest absolute Gasteiger partial charge is 0.326 e. The number of likely N-dealkylation sites (tertiary alicyclic amines) is 1. The lowest BCUT2D eigenvalue weighted by atomic mass is 9.91. The van der Waals surface area contributed by atoms with Crippen molar-refractivity contribution in [3.05, 3.63) is 24.2 Å². The van der Waals surface area contributed by atoms with Crippen LogP contribution in [0, 0.1) is 5.92 Å². The number of carboxylic acid groups (broad SMARTS) is 1. The number of hydrogen-bond acceptors (Lipinski definition) is 3. The molecule has 2 atom stereocenters. The Bertz CT molecular complexity index is 444. The fourth-order valence-electron chi connectivity index (χ4n) is 2.46. The minimum absolute atomic E-state index is 0.0223. The van der Waals surface area contributed by atoms with Gasteiger partial charge >= 0.3 is 12.0 Å².